The van der Waals surface area contributed by atoms with Crippen LogP contribution in [0.4, 0.5) is 5.69 Å². The average Bonchev–Trinajstić information content (AvgIpc) is 2.28. The van der Waals surface area contributed by atoms with Crippen LogP contribution in [-0.2, 0) is 4.79 Å². The molecule has 1 amide bonds. The van der Waals surface area contributed by atoms with Gasteiger partial charge in [-0.05, 0) is 18.2 Å². The minimum Gasteiger partial charge on any atom is -0.478 e. The van der Waals surface area contributed by atoms with Crippen LogP contribution in [0.25, 0.3) is 0 Å². The number of carboxylic acids is 1. The maximum Gasteiger partial charge on any atom is 0.337 e. The normalized spacial score (nSPS) is 9.41. The summed E-state index contributed by atoms with van der Waals surface area (Å²) in [5, 5.41) is 11.7. The first kappa shape index (κ1) is 13.1. The van der Waals surface area contributed by atoms with Crippen molar-refractivity contribution in [2.45, 2.75) is 12.8 Å². The van der Waals surface area contributed by atoms with Gasteiger partial charge < -0.3 is 10.4 Å². The van der Waals surface area contributed by atoms with E-state index in [0.717, 1.165) is 0 Å². The van der Waals surface area contributed by atoms with Gasteiger partial charge in [0.05, 0.1) is 11.3 Å². The van der Waals surface area contributed by atoms with Crippen molar-refractivity contribution in [1.82, 2.24) is 0 Å². The Balaban J connectivity index is 2.87. The quantitative estimate of drug-likeness (QED) is 0.808. The lowest BCUT2D eigenvalue weighted by Gasteiger charge is -2.07. The highest BCUT2D eigenvalue weighted by molar-refractivity contribution is 6.31. The molecule has 0 saturated carbocycles. The molecule has 0 aromatic heterocycles. The molecule has 0 fully saturated rings. The fourth-order valence-corrected chi connectivity index (χ4v) is 1.37. The molecule has 0 atom stereocenters. The van der Waals surface area contributed by atoms with Crippen molar-refractivity contribution in [2.24, 2.45) is 0 Å². The molecule has 5 heteroatoms. The Morgan fingerprint density at radius 1 is 1.47 bits per heavy atom. The van der Waals surface area contributed by atoms with Gasteiger partial charge in [-0.15, -0.1) is 12.3 Å². The summed E-state index contributed by atoms with van der Waals surface area (Å²) in [6, 6.07) is 4.23. The van der Waals surface area contributed by atoms with Crippen molar-refractivity contribution in [1.29, 1.82) is 0 Å². The molecule has 0 heterocycles. The van der Waals surface area contributed by atoms with Gasteiger partial charge in [0.1, 0.15) is 0 Å². The van der Waals surface area contributed by atoms with Crippen LogP contribution in [0.5, 0.6) is 0 Å². The molecule has 0 radical (unpaired) electrons. The molecule has 1 aromatic rings. The predicted octanol–water partition coefficient (Wildman–Crippen LogP) is 2.39. The third kappa shape index (κ3) is 3.82. The van der Waals surface area contributed by atoms with E-state index < -0.39 is 5.97 Å². The van der Waals surface area contributed by atoms with Gasteiger partial charge in [0.25, 0.3) is 0 Å². The molecule has 0 bridgehead atoms. The molecule has 4 nitrogen and oxygen atoms in total. The van der Waals surface area contributed by atoms with Crippen molar-refractivity contribution in [3.05, 3.63) is 28.8 Å². The topological polar surface area (TPSA) is 66.4 Å². The molecule has 0 spiro atoms. The number of halogens is 1. The van der Waals surface area contributed by atoms with Crippen LogP contribution in [0.1, 0.15) is 23.2 Å². The minimum absolute atomic E-state index is 0.0495. The van der Waals surface area contributed by atoms with E-state index in [1.54, 1.807) is 0 Å². The maximum absolute atomic E-state index is 11.4. The Morgan fingerprint density at radius 3 is 2.76 bits per heavy atom. The number of hydrogen-bond donors (Lipinski definition) is 2. The second kappa shape index (κ2) is 5.92. The van der Waals surface area contributed by atoms with Crippen LogP contribution >= 0.6 is 11.6 Å². The van der Waals surface area contributed by atoms with Crippen LogP contribution in [0.2, 0.25) is 5.02 Å². The van der Waals surface area contributed by atoms with Crippen molar-refractivity contribution >= 4 is 29.2 Å². The number of hydrogen-bond acceptors (Lipinski definition) is 2. The van der Waals surface area contributed by atoms with Gasteiger partial charge in [-0.3, -0.25) is 4.79 Å². The molecule has 2 N–H and O–H groups in total. The molecule has 0 unspecified atom stereocenters. The summed E-state index contributed by atoms with van der Waals surface area (Å²) in [5.41, 5.74) is 0.162. The number of aromatic carboxylic acids is 1. The molecular formula is C12H10ClNO3. The summed E-state index contributed by atoms with van der Waals surface area (Å²) in [6.45, 7) is 0. The van der Waals surface area contributed by atoms with Gasteiger partial charge in [0.15, 0.2) is 0 Å². The van der Waals surface area contributed by atoms with E-state index in [0.29, 0.717) is 11.4 Å². The number of carbonyl (C=O) groups excluding carboxylic acids is 1. The number of amides is 1. The van der Waals surface area contributed by atoms with Gasteiger partial charge in [-0.25, -0.2) is 4.79 Å². The summed E-state index contributed by atoms with van der Waals surface area (Å²) in [4.78, 5) is 22.3. The average molecular weight is 252 g/mol. The van der Waals surface area contributed by atoms with Gasteiger partial charge in [0.2, 0.25) is 5.91 Å². The standard InChI is InChI=1S/C12H10ClNO3/c1-2-3-4-11(15)14-10-6-5-8(13)7-9(10)12(16)17/h1,5-7H,3-4H2,(H,14,15)(H,16,17). The Bertz CT molecular complexity index is 491. The number of carboxylic acid groups (broad SMARTS) is 1. The minimum atomic E-state index is -1.15. The van der Waals surface area contributed by atoms with Crippen LogP contribution in [-0.4, -0.2) is 17.0 Å². The zero-order valence-electron chi connectivity index (χ0n) is 8.87. The predicted molar refractivity (Wildman–Crippen MR) is 65.1 cm³/mol. The second-order valence-corrected chi connectivity index (χ2v) is 3.68. The number of rotatable bonds is 4. The van der Waals surface area contributed by atoms with Gasteiger partial charge >= 0.3 is 5.97 Å². The van der Waals surface area contributed by atoms with E-state index in [9.17, 15) is 9.59 Å². The molecule has 17 heavy (non-hydrogen) atoms. The van der Waals surface area contributed by atoms with E-state index in [1.807, 2.05) is 0 Å². The third-order valence-electron chi connectivity index (χ3n) is 1.98. The number of nitrogens with one attached hydrogen (secondary N) is 1. The fourth-order valence-electron chi connectivity index (χ4n) is 1.20. The van der Waals surface area contributed by atoms with E-state index in [1.165, 1.54) is 18.2 Å². The van der Waals surface area contributed by atoms with E-state index in [-0.39, 0.29) is 23.6 Å². The SMILES string of the molecule is C#CCCC(=O)Nc1ccc(Cl)cc1C(=O)O. The van der Waals surface area contributed by atoms with Crippen LogP contribution < -0.4 is 5.32 Å². The Kier molecular flexibility index (Phi) is 4.56. The molecule has 88 valence electrons. The molecular weight excluding hydrogens is 242 g/mol. The Morgan fingerprint density at radius 2 is 2.18 bits per heavy atom. The van der Waals surface area contributed by atoms with E-state index >= 15 is 0 Å². The first-order chi connectivity index (χ1) is 8.04. The first-order valence-electron chi connectivity index (χ1n) is 4.80. The highest BCUT2D eigenvalue weighted by atomic mass is 35.5. The molecule has 0 aliphatic rings. The highest BCUT2D eigenvalue weighted by Crippen LogP contribution is 2.20. The first-order valence-corrected chi connectivity index (χ1v) is 5.18. The molecule has 0 aliphatic heterocycles. The monoisotopic (exact) mass is 251 g/mol. The van der Waals surface area contributed by atoms with Crippen molar-refractivity contribution in [2.75, 3.05) is 5.32 Å². The Hall–Kier alpha value is -1.99. The lowest BCUT2D eigenvalue weighted by atomic mass is 10.1. The van der Waals surface area contributed by atoms with E-state index in [2.05, 4.69) is 11.2 Å². The number of benzene rings is 1. The lowest BCUT2D eigenvalue weighted by Crippen LogP contribution is -2.14. The van der Waals surface area contributed by atoms with Crippen LogP contribution in [0.3, 0.4) is 0 Å². The van der Waals surface area contributed by atoms with Crippen LogP contribution in [0.15, 0.2) is 18.2 Å². The summed E-state index contributed by atoms with van der Waals surface area (Å²) in [7, 11) is 0. The third-order valence-corrected chi connectivity index (χ3v) is 2.22. The zero-order chi connectivity index (χ0) is 12.8. The van der Waals surface area contributed by atoms with Gasteiger partial charge in [-0.1, -0.05) is 11.6 Å². The van der Waals surface area contributed by atoms with Gasteiger partial charge in [-0.2, -0.15) is 0 Å². The summed E-state index contributed by atoms with van der Waals surface area (Å²) in [5.74, 6) is 0.853. The molecule has 1 rings (SSSR count). The lowest BCUT2D eigenvalue weighted by molar-refractivity contribution is -0.116. The Labute approximate surface area is 104 Å². The summed E-state index contributed by atoms with van der Waals surface area (Å²) in [6.07, 6.45) is 5.48. The smallest absolute Gasteiger partial charge is 0.337 e. The molecule has 1 aromatic carbocycles. The van der Waals surface area contributed by atoms with Crippen LogP contribution in [0, 0.1) is 12.3 Å². The number of terminal acetylenes is 1. The molecule has 0 aliphatic carbocycles. The maximum atomic E-state index is 11.4. The zero-order valence-corrected chi connectivity index (χ0v) is 9.62. The second-order valence-electron chi connectivity index (χ2n) is 3.25. The fraction of sp³-hybridized carbons (Fsp3) is 0.167. The summed E-state index contributed by atoms with van der Waals surface area (Å²) < 4.78 is 0. The largest absolute Gasteiger partial charge is 0.478 e. The number of anilines is 1. The summed E-state index contributed by atoms with van der Waals surface area (Å²) >= 11 is 5.68. The molecule has 0 saturated heterocycles. The van der Waals surface area contributed by atoms with Crippen molar-refractivity contribution in [3.63, 3.8) is 0 Å². The van der Waals surface area contributed by atoms with Crippen molar-refractivity contribution in [3.8, 4) is 12.3 Å². The van der Waals surface area contributed by atoms with E-state index in [4.69, 9.17) is 23.1 Å². The highest BCUT2D eigenvalue weighted by Gasteiger charge is 2.12. The van der Waals surface area contributed by atoms with Crippen molar-refractivity contribution < 1.29 is 14.7 Å². The number of carbonyl (C=O) groups is 2. The van der Waals surface area contributed by atoms with Gasteiger partial charge in [0, 0.05) is 17.9 Å².